The van der Waals surface area contributed by atoms with E-state index in [4.69, 9.17) is 14.2 Å². The molecule has 1 fully saturated rings. The molecule has 1 saturated heterocycles. The Morgan fingerprint density at radius 2 is 1.75 bits per heavy atom. The fourth-order valence-electron chi connectivity index (χ4n) is 1.68. The van der Waals surface area contributed by atoms with E-state index in [-0.39, 0.29) is 6.61 Å². The molecule has 0 radical (unpaired) electrons. The van der Waals surface area contributed by atoms with Gasteiger partial charge in [-0.1, -0.05) is 43.7 Å². The quantitative estimate of drug-likeness (QED) is 0.432. The number of hydrogen-bond acceptors (Lipinski definition) is 5. The lowest BCUT2D eigenvalue weighted by Gasteiger charge is -2.03. The first-order valence-electron chi connectivity index (χ1n) is 6.75. The van der Waals surface area contributed by atoms with Gasteiger partial charge in [-0.25, -0.2) is 9.59 Å². The maximum atomic E-state index is 11.7. The van der Waals surface area contributed by atoms with Crippen molar-refractivity contribution in [2.75, 3.05) is 6.61 Å². The van der Waals surface area contributed by atoms with Gasteiger partial charge in [0.05, 0.1) is 6.61 Å². The Balaban J connectivity index is 1.69. The van der Waals surface area contributed by atoms with Gasteiger partial charge in [0.1, 0.15) is 6.61 Å². The molecule has 0 unspecified atom stereocenters. The van der Waals surface area contributed by atoms with Crippen molar-refractivity contribution in [2.24, 2.45) is 0 Å². The highest BCUT2D eigenvalue weighted by Gasteiger charge is 2.52. The van der Waals surface area contributed by atoms with E-state index in [2.05, 4.69) is 0 Å². The van der Waals surface area contributed by atoms with E-state index < -0.39 is 24.1 Å². The summed E-state index contributed by atoms with van der Waals surface area (Å²) in [7, 11) is 0. The number of hydrogen-bond donors (Lipinski definition) is 0. The zero-order chi connectivity index (χ0) is 14.4. The number of rotatable bonds is 7. The molecule has 1 aromatic rings. The summed E-state index contributed by atoms with van der Waals surface area (Å²) in [5.74, 6) is -1.01. The van der Waals surface area contributed by atoms with Crippen LogP contribution in [-0.2, 0) is 30.4 Å². The van der Waals surface area contributed by atoms with E-state index in [0.29, 0.717) is 6.61 Å². The molecule has 1 aromatic carbocycles. The van der Waals surface area contributed by atoms with Crippen molar-refractivity contribution in [3.63, 3.8) is 0 Å². The van der Waals surface area contributed by atoms with Gasteiger partial charge in [-0.05, 0) is 12.0 Å². The third-order valence-corrected chi connectivity index (χ3v) is 2.92. The summed E-state index contributed by atoms with van der Waals surface area (Å²) in [6, 6.07) is 9.34. The molecule has 1 heterocycles. The number of unbranched alkanes of at least 4 members (excludes halogenated alkanes) is 1. The number of benzene rings is 1. The molecule has 2 atom stereocenters. The van der Waals surface area contributed by atoms with E-state index in [9.17, 15) is 9.59 Å². The first-order valence-corrected chi connectivity index (χ1v) is 6.75. The minimum Gasteiger partial charge on any atom is -0.464 e. The number of ether oxygens (including phenoxy) is 3. The van der Waals surface area contributed by atoms with Gasteiger partial charge in [-0.3, -0.25) is 0 Å². The van der Waals surface area contributed by atoms with Crippen molar-refractivity contribution in [3.05, 3.63) is 35.9 Å². The fourth-order valence-corrected chi connectivity index (χ4v) is 1.68. The minimum atomic E-state index is -0.812. The van der Waals surface area contributed by atoms with Crippen LogP contribution >= 0.6 is 0 Å². The van der Waals surface area contributed by atoms with Gasteiger partial charge in [0.2, 0.25) is 0 Å². The first kappa shape index (κ1) is 14.5. The van der Waals surface area contributed by atoms with Crippen molar-refractivity contribution in [3.8, 4) is 0 Å². The summed E-state index contributed by atoms with van der Waals surface area (Å²) in [5, 5.41) is 0. The van der Waals surface area contributed by atoms with E-state index >= 15 is 0 Å². The molecule has 5 nitrogen and oxygen atoms in total. The summed E-state index contributed by atoms with van der Waals surface area (Å²) >= 11 is 0. The van der Waals surface area contributed by atoms with Crippen molar-refractivity contribution < 1.29 is 23.8 Å². The number of carbonyl (C=O) groups is 2. The average molecular weight is 278 g/mol. The standard InChI is InChI=1S/C15H18O5/c1-2-3-9-18-14(16)12-13(20-12)15(17)19-10-11-7-5-4-6-8-11/h4-8,12-13H,2-3,9-10H2,1H3/t12-,13+/m1/s1. The maximum absolute atomic E-state index is 11.7. The zero-order valence-corrected chi connectivity index (χ0v) is 11.4. The molecule has 20 heavy (non-hydrogen) atoms. The van der Waals surface area contributed by atoms with Gasteiger partial charge in [-0.15, -0.1) is 0 Å². The Kier molecular flexibility index (Phi) is 5.12. The molecule has 0 spiro atoms. The second kappa shape index (κ2) is 7.05. The SMILES string of the molecule is CCCCOC(=O)[C@@H]1O[C@@H]1C(=O)OCc1ccccc1. The smallest absolute Gasteiger partial charge is 0.339 e. The normalized spacial score (nSPS) is 20.2. The van der Waals surface area contributed by atoms with Crippen molar-refractivity contribution in [1.82, 2.24) is 0 Å². The zero-order valence-electron chi connectivity index (χ0n) is 11.4. The molecule has 0 N–H and O–H groups in total. The van der Waals surface area contributed by atoms with Crippen LogP contribution in [0.3, 0.4) is 0 Å². The Hall–Kier alpha value is -1.88. The molecule has 0 aromatic heterocycles. The summed E-state index contributed by atoms with van der Waals surface area (Å²) in [4.78, 5) is 23.2. The van der Waals surface area contributed by atoms with Crippen LogP contribution in [0, 0.1) is 0 Å². The van der Waals surface area contributed by atoms with Crippen LogP contribution in [0.2, 0.25) is 0 Å². The Morgan fingerprint density at radius 3 is 2.40 bits per heavy atom. The summed E-state index contributed by atoms with van der Waals surface area (Å²) in [6.07, 6.45) is 0.145. The lowest BCUT2D eigenvalue weighted by molar-refractivity contribution is -0.148. The van der Waals surface area contributed by atoms with E-state index in [0.717, 1.165) is 18.4 Å². The maximum Gasteiger partial charge on any atom is 0.339 e. The third kappa shape index (κ3) is 4.06. The van der Waals surface area contributed by atoms with Gasteiger partial charge in [0.25, 0.3) is 0 Å². The average Bonchev–Trinajstić information content (AvgIpc) is 3.26. The van der Waals surface area contributed by atoms with Gasteiger partial charge in [0.15, 0.2) is 12.2 Å². The van der Waals surface area contributed by atoms with E-state index in [1.54, 1.807) is 0 Å². The summed E-state index contributed by atoms with van der Waals surface area (Å²) < 4.78 is 15.1. The topological polar surface area (TPSA) is 65.1 Å². The van der Waals surface area contributed by atoms with Crippen molar-refractivity contribution in [1.29, 1.82) is 0 Å². The van der Waals surface area contributed by atoms with Crippen LogP contribution in [-0.4, -0.2) is 30.8 Å². The van der Waals surface area contributed by atoms with Gasteiger partial charge in [-0.2, -0.15) is 0 Å². The van der Waals surface area contributed by atoms with Crippen LogP contribution in [0.5, 0.6) is 0 Å². The number of esters is 2. The highest BCUT2D eigenvalue weighted by atomic mass is 16.7. The highest BCUT2D eigenvalue weighted by molar-refractivity contribution is 5.89. The Bertz CT molecular complexity index is 457. The van der Waals surface area contributed by atoms with E-state index in [1.165, 1.54) is 0 Å². The monoisotopic (exact) mass is 278 g/mol. The Labute approximate surface area is 117 Å². The van der Waals surface area contributed by atoms with Gasteiger partial charge < -0.3 is 14.2 Å². The molecular weight excluding hydrogens is 260 g/mol. The second-order valence-electron chi connectivity index (χ2n) is 4.59. The van der Waals surface area contributed by atoms with Crippen LogP contribution in [0.1, 0.15) is 25.3 Å². The van der Waals surface area contributed by atoms with Crippen LogP contribution < -0.4 is 0 Å². The van der Waals surface area contributed by atoms with Crippen LogP contribution in [0.4, 0.5) is 0 Å². The molecule has 0 saturated carbocycles. The minimum absolute atomic E-state index is 0.178. The van der Waals surface area contributed by atoms with Crippen molar-refractivity contribution in [2.45, 2.75) is 38.6 Å². The van der Waals surface area contributed by atoms with Gasteiger partial charge >= 0.3 is 11.9 Å². The lowest BCUT2D eigenvalue weighted by atomic mass is 10.2. The van der Waals surface area contributed by atoms with E-state index in [1.807, 2.05) is 37.3 Å². The molecule has 2 rings (SSSR count). The van der Waals surface area contributed by atoms with Crippen molar-refractivity contribution >= 4 is 11.9 Å². The molecule has 0 amide bonds. The lowest BCUT2D eigenvalue weighted by Crippen LogP contribution is -2.20. The molecule has 108 valence electrons. The largest absolute Gasteiger partial charge is 0.464 e. The van der Waals surface area contributed by atoms with Gasteiger partial charge in [0, 0.05) is 0 Å². The number of carbonyl (C=O) groups excluding carboxylic acids is 2. The fraction of sp³-hybridized carbons (Fsp3) is 0.467. The number of epoxide rings is 1. The first-order chi connectivity index (χ1) is 9.72. The molecule has 1 aliphatic heterocycles. The molecule has 0 aliphatic carbocycles. The highest BCUT2D eigenvalue weighted by Crippen LogP contribution is 2.25. The molecular formula is C15H18O5. The summed E-state index contributed by atoms with van der Waals surface area (Å²) in [6.45, 7) is 2.54. The Morgan fingerprint density at radius 1 is 1.10 bits per heavy atom. The third-order valence-electron chi connectivity index (χ3n) is 2.92. The predicted molar refractivity (Wildman–Crippen MR) is 70.8 cm³/mol. The predicted octanol–water partition coefficient (Wildman–Crippen LogP) is 1.84. The molecule has 0 bridgehead atoms. The van der Waals surface area contributed by atoms with Crippen LogP contribution in [0.25, 0.3) is 0 Å². The second-order valence-corrected chi connectivity index (χ2v) is 4.59. The molecule has 5 heteroatoms. The molecule has 1 aliphatic rings. The summed E-state index contributed by atoms with van der Waals surface area (Å²) in [5.41, 5.74) is 0.892. The van der Waals surface area contributed by atoms with Crippen LogP contribution in [0.15, 0.2) is 30.3 Å².